The molecule has 1 aromatic rings. The molecule has 0 spiro atoms. The molecule has 0 radical (unpaired) electrons. The molecule has 0 aliphatic carbocycles. The molecule has 1 aromatic heterocycles. The highest BCUT2D eigenvalue weighted by Crippen LogP contribution is 2.26. The highest BCUT2D eigenvalue weighted by atomic mass is 32.2. The number of nitrogens with two attached hydrogens (primary N) is 1. The molecule has 0 unspecified atom stereocenters. The van der Waals surface area contributed by atoms with E-state index in [-0.39, 0.29) is 5.11 Å². The summed E-state index contributed by atoms with van der Waals surface area (Å²) in [6.45, 7) is 2.95. The molecule has 7 heteroatoms. The number of rotatable bonds is 2. The zero-order valence-electron chi connectivity index (χ0n) is 8.23. The summed E-state index contributed by atoms with van der Waals surface area (Å²) < 4.78 is 2.14. The van der Waals surface area contributed by atoms with Crippen LogP contribution < -0.4 is 11.2 Å². The Labute approximate surface area is 97.1 Å². The third kappa shape index (κ3) is 2.13. The second-order valence-corrected chi connectivity index (χ2v) is 4.60. The lowest BCUT2D eigenvalue weighted by Crippen LogP contribution is -2.24. The summed E-state index contributed by atoms with van der Waals surface area (Å²) in [7, 11) is 0. The number of fused-ring (bicyclic) bond motifs is 1. The van der Waals surface area contributed by atoms with E-state index in [4.69, 9.17) is 5.73 Å². The summed E-state index contributed by atoms with van der Waals surface area (Å²) in [4.78, 5) is 4.43. The Kier molecular flexibility index (Phi) is 2.92. The number of hydrogen-bond acceptors (Lipinski definition) is 4. The van der Waals surface area contributed by atoms with Crippen LogP contribution in [-0.4, -0.2) is 26.6 Å². The van der Waals surface area contributed by atoms with Crippen LogP contribution in [0.4, 0.5) is 0 Å². The van der Waals surface area contributed by atoms with Crippen molar-refractivity contribution in [2.75, 3.05) is 5.75 Å². The van der Waals surface area contributed by atoms with Gasteiger partial charge in [-0.25, -0.2) is 4.98 Å². The Hall–Kier alpha value is -1.08. The van der Waals surface area contributed by atoms with Crippen molar-refractivity contribution in [3.05, 3.63) is 11.4 Å². The number of thiocarbonyl (C=S) groups is 1. The van der Waals surface area contributed by atoms with E-state index in [1.54, 1.807) is 18.0 Å². The quantitative estimate of drug-likeness (QED) is 0.447. The van der Waals surface area contributed by atoms with Crippen molar-refractivity contribution in [2.24, 2.45) is 10.8 Å². The van der Waals surface area contributed by atoms with Gasteiger partial charge in [0.15, 0.2) is 10.3 Å². The summed E-state index contributed by atoms with van der Waals surface area (Å²) in [6, 6.07) is 0. The molecule has 0 amide bonds. The minimum atomic E-state index is 0.166. The van der Waals surface area contributed by atoms with Crippen molar-refractivity contribution < 1.29 is 0 Å². The van der Waals surface area contributed by atoms with Crippen LogP contribution in [0, 0.1) is 6.92 Å². The van der Waals surface area contributed by atoms with Crippen molar-refractivity contribution >= 4 is 35.3 Å². The van der Waals surface area contributed by atoms with Crippen LogP contribution >= 0.6 is 24.0 Å². The molecule has 15 heavy (non-hydrogen) atoms. The second-order valence-electron chi connectivity index (χ2n) is 3.10. The normalized spacial score (nSPS) is 14.5. The molecule has 3 N–H and O–H groups in total. The van der Waals surface area contributed by atoms with Crippen molar-refractivity contribution in [2.45, 2.75) is 18.6 Å². The van der Waals surface area contributed by atoms with Crippen molar-refractivity contribution in [1.29, 1.82) is 0 Å². The van der Waals surface area contributed by atoms with Crippen LogP contribution in [-0.2, 0) is 6.54 Å². The topological polar surface area (TPSA) is 68.2 Å². The predicted molar refractivity (Wildman–Crippen MR) is 65.2 cm³/mol. The number of hydrazone groups is 1. The lowest BCUT2D eigenvalue weighted by atomic mass is 10.3. The molecule has 80 valence electrons. The van der Waals surface area contributed by atoms with Crippen LogP contribution in [0.3, 0.4) is 0 Å². The zero-order valence-corrected chi connectivity index (χ0v) is 9.86. The summed E-state index contributed by atoms with van der Waals surface area (Å²) in [6.07, 6.45) is 1.71. The van der Waals surface area contributed by atoms with Gasteiger partial charge in [-0.2, -0.15) is 5.10 Å². The Morgan fingerprint density at radius 3 is 3.33 bits per heavy atom. The predicted octanol–water partition coefficient (Wildman–Crippen LogP) is 0.464. The van der Waals surface area contributed by atoms with E-state index in [0.29, 0.717) is 0 Å². The largest absolute Gasteiger partial charge is 0.375 e. The first-order valence-electron chi connectivity index (χ1n) is 4.47. The minimum Gasteiger partial charge on any atom is -0.375 e. The molecule has 1 aliphatic rings. The van der Waals surface area contributed by atoms with E-state index >= 15 is 0 Å². The van der Waals surface area contributed by atoms with E-state index in [9.17, 15) is 0 Å². The van der Waals surface area contributed by atoms with Crippen LogP contribution in [0.5, 0.6) is 0 Å². The van der Waals surface area contributed by atoms with E-state index in [2.05, 4.69) is 32.3 Å². The van der Waals surface area contributed by atoms with Gasteiger partial charge >= 0.3 is 0 Å². The monoisotopic (exact) mass is 241 g/mol. The maximum atomic E-state index is 5.26. The fourth-order valence-corrected chi connectivity index (χ4v) is 2.49. The van der Waals surface area contributed by atoms with Crippen molar-refractivity contribution in [3.63, 3.8) is 0 Å². The zero-order chi connectivity index (χ0) is 10.8. The number of imidazole rings is 1. The molecular formula is C8H11N5S2. The van der Waals surface area contributed by atoms with Gasteiger partial charge < -0.3 is 10.3 Å². The molecule has 0 bridgehead atoms. The average molecular weight is 241 g/mol. The molecule has 1 aliphatic heterocycles. The van der Waals surface area contributed by atoms with Gasteiger partial charge in [0.2, 0.25) is 0 Å². The average Bonchev–Trinajstić information content (AvgIpc) is 2.68. The van der Waals surface area contributed by atoms with Gasteiger partial charge in [-0.1, -0.05) is 11.8 Å². The molecule has 2 heterocycles. The van der Waals surface area contributed by atoms with Gasteiger partial charge in [0, 0.05) is 12.3 Å². The number of aryl methyl sites for hydroxylation is 1. The van der Waals surface area contributed by atoms with Gasteiger partial charge in [-0.15, -0.1) is 0 Å². The van der Waals surface area contributed by atoms with Gasteiger partial charge in [0.1, 0.15) is 0 Å². The lowest BCUT2D eigenvalue weighted by Gasteiger charge is -1.99. The van der Waals surface area contributed by atoms with Gasteiger partial charge in [-0.3, -0.25) is 5.43 Å². The first-order chi connectivity index (χ1) is 7.18. The molecule has 0 fully saturated rings. The van der Waals surface area contributed by atoms with Crippen molar-refractivity contribution in [1.82, 2.24) is 15.0 Å². The van der Waals surface area contributed by atoms with E-state index in [1.165, 1.54) is 0 Å². The van der Waals surface area contributed by atoms with E-state index < -0.39 is 0 Å². The summed E-state index contributed by atoms with van der Waals surface area (Å²) >= 11 is 6.41. The van der Waals surface area contributed by atoms with E-state index in [0.717, 1.165) is 28.8 Å². The molecule has 0 aromatic carbocycles. The highest BCUT2D eigenvalue weighted by Gasteiger charge is 2.18. The molecular weight excluding hydrogens is 230 g/mol. The molecule has 0 saturated heterocycles. The standard InChI is InChI=1S/C8H11N5S2/c1-5-6(4-10-12-7(9)14)13-2-3-15-8(13)11-5/h4H,2-3H2,1H3,(H3,9,12,14). The SMILES string of the molecule is Cc1nc2n(c1C=NNC(N)=S)CCS2. The van der Waals surface area contributed by atoms with Crippen molar-refractivity contribution in [3.8, 4) is 0 Å². The maximum absolute atomic E-state index is 5.26. The third-order valence-corrected chi connectivity index (χ3v) is 3.11. The fraction of sp³-hybridized carbons (Fsp3) is 0.375. The molecule has 5 nitrogen and oxygen atoms in total. The first kappa shape index (κ1) is 10.4. The van der Waals surface area contributed by atoms with Gasteiger partial charge in [-0.05, 0) is 19.1 Å². The molecule has 2 rings (SSSR count). The number of nitrogens with zero attached hydrogens (tertiary/aromatic N) is 3. The minimum absolute atomic E-state index is 0.166. The Balaban J connectivity index is 2.21. The number of nitrogens with one attached hydrogen (secondary N) is 1. The Bertz CT molecular complexity index is 423. The summed E-state index contributed by atoms with van der Waals surface area (Å²) in [5, 5.41) is 5.17. The first-order valence-corrected chi connectivity index (χ1v) is 5.86. The van der Waals surface area contributed by atoms with E-state index in [1.807, 2.05) is 6.92 Å². The molecule has 0 saturated carbocycles. The second kappa shape index (κ2) is 4.19. The Morgan fingerprint density at radius 1 is 1.80 bits per heavy atom. The highest BCUT2D eigenvalue weighted by molar-refractivity contribution is 7.99. The Morgan fingerprint density at radius 2 is 2.60 bits per heavy atom. The maximum Gasteiger partial charge on any atom is 0.184 e. The fourth-order valence-electron chi connectivity index (χ4n) is 1.43. The van der Waals surface area contributed by atoms with Crippen LogP contribution in [0.25, 0.3) is 0 Å². The third-order valence-electron chi connectivity index (χ3n) is 2.06. The van der Waals surface area contributed by atoms with Crippen LogP contribution in [0.1, 0.15) is 11.4 Å². The van der Waals surface area contributed by atoms with Gasteiger partial charge in [0.25, 0.3) is 0 Å². The lowest BCUT2D eigenvalue weighted by molar-refractivity contribution is 0.715. The van der Waals surface area contributed by atoms with Crippen LogP contribution in [0.2, 0.25) is 0 Å². The van der Waals surface area contributed by atoms with Gasteiger partial charge in [0.05, 0.1) is 17.6 Å². The number of hydrogen-bond donors (Lipinski definition) is 2. The smallest absolute Gasteiger partial charge is 0.184 e. The number of aromatic nitrogens is 2. The number of thioether (sulfide) groups is 1. The summed E-state index contributed by atoms with van der Waals surface area (Å²) in [5.74, 6) is 1.08. The molecule has 0 atom stereocenters. The summed E-state index contributed by atoms with van der Waals surface area (Å²) in [5.41, 5.74) is 9.79. The van der Waals surface area contributed by atoms with Crippen LogP contribution in [0.15, 0.2) is 10.3 Å².